The lowest BCUT2D eigenvalue weighted by Gasteiger charge is -2.20. The lowest BCUT2D eigenvalue weighted by Crippen LogP contribution is -2.24. The van der Waals surface area contributed by atoms with Gasteiger partial charge in [0.2, 0.25) is 1.68 Å². The number of halogens is 7. The SMILES string of the molecule is N=C1c2c(cc(Cl)cc2C(F)(I)I)CN1Cc1ccc(OC(F)(F)F)cc1. The van der Waals surface area contributed by atoms with Gasteiger partial charge in [0.25, 0.3) is 0 Å². The van der Waals surface area contributed by atoms with E-state index in [-0.39, 0.29) is 11.6 Å². The Kier molecular flexibility index (Phi) is 5.84. The summed E-state index contributed by atoms with van der Waals surface area (Å²) >= 11 is 9.39. The molecule has 1 aliphatic heterocycles. The molecule has 0 spiro atoms. The first-order chi connectivity index (χ1) is 12.4. The smallest absolute Gasteiger partial charge is 0.406 e. The van der Waals surface area contributed by atoms with E-state index in [1.54, 1.807) is 56.1 Å². The van der Waals surface area contributed by atoms with Crippen LogP contribution in [-0.4, -0.2) is 17.1 Å². The predicted molar refractivity (Wildman–Crippen MR) is 111 cm³/mol. The van der Waals surface area contributed by atoms with Gasteiger partial charge in [-0.3, -0.25) is 5.41 Å². The molecule has 3 rings (SSSR count). The molecule has 0 fully saturated rings. The molecule has 2 aromatic rings. The van der Waals surface area contributed by atoms with E-state index in [0.29, 0.717) is 34.8 Å². The molecule has 0 unspecified atom stereocenters. The van der Waals surface area contributed by atoms with Crippen molar-refractivity contribution in [3.8, 4) is 5.75 Å². The van der Waals surface area contributed by atoms with Gasteiger partial charge in [-0.05, 0) is 80.6 Å². The number of fused-ring (bicyclic) bond motifs is 1. The number of ether oxygens (including phenoxy) is 1. The van der Waals surface area contributed by atoms with Crippen molar-refractivity contribution in [1.82, 2.24) is 4.90 Å². The largest absolute Gasteiger partial charge is 0.573 e. The summed E-state index contributed by atoms with van der Waals surface area (Å²) in [5.74, 6) is -0.153. The lowest BCUT2D eigenvalue weighted by atomic mass is 10.0. The van der Waals surface area contributed by atoms with Gasteiger partial charge in [-0.15, -0.1) is 13.2 Å². The summed E-state index contributed by atoms with van der Waals surface area (Å²) in [6.45, 7) is 0.657. The molecule has 0 radical (unpaired) electrons. The zero-order valence-electron chi connectivity index (χ0n) is 13.4. The molecule has 3 nitrogen and oxygen atoms in total. The summed E-state index contributed by atoms with van der Waals surface area (Å²) in [5.41, 5.74) is 2.27. The summed E-state index contributed by atoms with van der Waals surface area (Å²) in [5, 5.41) is 8.82. The number of benzene rings is 2. The van der Waals surface area contributed by atoms with Crippen LogP contribution in [0.4, 0.5) is 17.6 Å². The molecule has 0 saturated carbocycles. The lowest BCUT2D eigenvalue weighted by molar-refractivity contribution is -0.274. The third-order valence-electron chi connectivity index (χ3n) is 3.93. The molecule has 0 saturated heterocycles. The maximum absolute atomic E-state index is 14.6. The number of hydrogen-bond donors (Lipinski definition) is 1. The van der Waals surface area contributed by atoms with Gasteiger partial charge in [-0.1, -0.05) is 23.7 Å². The second kappa shape index (κ2) is 7.54. The maximum Gasteiger partial charge on any atom is 0.573 e. The van der Waals surface area contributed by atoms with Crippen LogP contribution in [0.3, 0.4) is 0 Å². The maximum atomic E-state index is 14.6. The zero-order valence-corrected chi connectivity index (χ0v) is 18.5. The van der Waals surface area contributed by atoms with Crippen LogP contribution in [0.15, 0.2) is 36.4 Å². The standard InChI is InChI=1S/C17H11ClF4I2N2O/c18-11-5-10-8-26(15(25)14(10)13(6-11)16(19,23)24)7-9-1-3-12(4-2-9)27-17(20,21)22/h1-6,25H,7-8H2. The van der Waals surface area contributed by atoms with E-state index in [1.165, 1.54) is 30.3 Å². The number of nitrogens with zero attached hydrogens (tertiary/aromatic N) is 1. The molecule has 2 aromatic carbocycles. The summed E-state index contributed by atoms with van der Waals surface area (Å²) < 4.78 is 53.4. The highest BCUT2D eigenvalue weighted by molar-refractivity contribution is 14.2. The average molecular weight is 625 g/mol. The number of nitrogens with one attached hydrogen (secondary N) is 1. The van der Waals surface area contributed by atoms with E-state index >= 15 is 0 Å². The highest BCUT2D eigenvalue weighted by Crippen LogP contribution is 2.46. The molecule has 0 aliphatic carbocycles. The fraction of sp³-hybridized carbons (Fsp3) is 0.235. The first-order valence-electron chi connectivity index (χ1n) is 7.52. The monoisotopic (exact) mass is 624 g/mol. The van der Waals surface area contributed by atoms with Crippen molar-refractivity contribution in [2.75, 3.05) is 0 Å². The number of hydrogen-bond acceptors (Lipinski definition) is 2. The van der Waals surface area contributed by atoms with Crippen molar-refractivity contribution < 1.29 is 22.3 Å². The molecule has 0 bridgehead atoms. The average Bonchev–Trinajstić information content (AvgIpc) is 2.82. The van der Waals surface area contributed by atoms with Crippen molar-refractivity contribution in [3.63, 3.8) is 0 Å². The fourth-order valence-electron chi connectivity index (χ4n) is 2.89. The minimum atomic E-state index is -4.74. The number of amidine groups is 1. The van der Waals surface area contributed by atoms with Gasteiger partial charge < -0.3 is 9.64 Å². The van der Waals surface area contributed by atoms with E-state index in [1.807, 2.05) is 0 Å². The minimum absolute atomic E-state index is 0.155. The van der Waals surface area contributed by atoms with Gasteiger partial charge in [0.05, 0.1) is 0 Å². The van der Waals surface area contributed by atoms with Crippen LogP contribution < -0.4 is 4.74 Å². The Morgan fingerprint density at radius 2 is 1.74 bits per heavy atom. The fourth-order valence-corrected chi connectivity index (χ4v) is 3.98. The first kappa shape index (κ1) is 20.9. The van der Waals surface area contributed by atoms with E-state index in [0.717, 1.165) is 5.56 Å². The van der Waals surface area contributed by atoms with Gasteiger partial charge in [0.1, 0.15) is 11.6 Å². The molecule has 0 aromatic heterocycles. The highest BCUT2D eigenvalue weighted by Gasteiger charge is 2.35. The molecule has 1 N–H and O–H groups in total. The van der Waals surface area contributed by atoms with Crippen molar-refractivity contribution >= 4 is 62.6 Å². The van der Waals surface area contributed by atoms with Crippen LogP contribution in [0.5, 0.6) is 5.75 Å². The topological polar surface area (TPSA) is 36.3 Å². The number of rotatable bonds is 4. The summed E-state index contributed by atoms with van der Waals surface area (Å²) in [7, 11) is 0. The van der Waals surface area contributed by atoms with Crippen LogP contribution in [0, 0.1) is 5.41 Å². The molecular formula is C17H11ClF4I2N2O. The molecule has 1 aliphatic rings. The molecule has 0 atom stereocenters. The van der Waals surface area contributed by atoms with Crippen LogP contribution >= 0.6 is 56.8 Å². The third kappa shape index (κ3) is 4.97. The Labute approximate surface area is 184 Å². The summed E-state index contributed by atoms with van der Waals surface area (Å²) in [4.78, 5) is 1.71. The Morgan fingerprint density at radius 1 is 1.11 bits per heavy atom. The van der Waals surface area contributed by atoms with Crippen molar-refractivity contribution in [2.24, 2.45) is 0 Å². The molecular weight excluding hydrogens is 613 g/mol. The summed E-state index contributed by atoms with van der Waals surface area (Å²) in [6.07, 6.45) is -4.74. The second-order valence-corrected chi connectivity index (χ2v) is 11.4. The second-order valence-electron chi connectivity index (χ2n) is 5.88. The van der Waals surface area contributed by atoms with Crippen LogP contribution in [0.2, 0.25) is 5.02 Å². The van der Waals surface area contributed by atoms with Gasteiger partial charge in [-0.2, -0.15) is 0 Å². The van der Waals surface area contributed by atoms with Gasteiger partial charge in [0.15, 0.2) is 0 Å². The van der Waals surface area contributed by atoms with Gasteiger partial charge >= 0.3 is 6.36 Å². The van der Waals surface area contributed by atoms with Gasteiger partial charge in [0, 0.05) is 29.2 Å². The van der Waals surface area contributed by atoms with E-state index in [9.17, 15) is 17.6 Å². The van der Waals surface area contributed by atoms with E-state index in [2.05, 4.69) is 4.74 Å². The van der Waals surface area contributed by atoms with Crippen molar-refractivity contribution in [1.29, 1.82) is 5.41 Å². The molecule has 144 valence electrons. The Hall–Kier alpha value is -0.820. The van der Waals surface area contributed by atoms with E-state index < -0.39 is 8.04 Å². The van der Waals surface area contributed by atoms with Crippen LogP contribution in [-0.2, 0) is 14.8 Å². The first-order valence-corrected chi connectivity index (χ1v) is 10.1. The normalized spacial score (nSPS) is 14.5. The van der Waals surface area contributed by atoms with E-state index in [4.69, 9.17) is 17.0 Å². The van der Waals surface area contributed by atoms with Crippen molar-refractivity contribution in [2.45, 2.75) is 21.1 Å². The van der Waals surface area contributed by atoms with Gasteiger partial charge in [-0.25, -0.2) is 4.39 Å². The third-order valence-corrected chi connectivity index (χ3v) is 5.32. The summed E-state index contributed by atoms with van der Waals surface area (Å²) in [6, 6.07) is 8.66. The molecule has 27 heavy (non-hydrogen) atoms. The number of alkyl halides is 6. The molecule has 0 amide bonds. The van der Waals surface area contributed by atoms with Crippen molar-refractivity contribution in [3.05, 3.63) is 63.7 Å². The minimum Gasteiger partial charge on any atom is -0.406 e. The highest BCUT2D eigenvalue weighted by atomic mass is 127. The molecule has 1 heterocycles. The Bertz CT molecular complexity index is 882. The van der Waals surface area contributed by atoms with Crippen LogP contribution in [0.1, 0.15) is 22.3 Å². The Balaban J connectivity index is 1.81. The zero-order chi connectivity index (χ0) is 20.0. The van der Waals surface area contributed by atoms with Crippen LogP contribution in [0.25, 0.3) is 0 Å². The molecule has 10 heteroatoms. The quantitative estimate of drug-likeness (QED) is 0.239. The Morgan fingerprint density at radius 3 is 2.30 bits per heavy atom. The predicted octanol–water partition coefficient (Wildman–Crippen LogP) is 6.53.